The maximum Gasteiger partial charge on any atom is 0.298 e. The van der Waals surface area contributed by atoms with Crippen LogP contribution in [0.5, 0.6) is 0 Å². The van der Waals surface area contributed by atoms with Gasteiger partial charge in [0.05, 0.1) is 5.69 Å². The zero-order valence-corrected chi connectivity index (χ0v) is 9.72. The molecule has 0 N–H and O–H groups in total. The number of aromatic nitrogens is 1. The Bertz CT molecular complexity index is 286. The molecule has 1 rings (SSSR count). The molecule has 0 fully saturated rings. The first kappa shape index (κ1) is 13.1. The Morgan fingerprint density at radius 1 is 1.19 bits per heavy atom. The molecule has 1 aromatic heterocycles. The number of aryl methyl sites for hydroxylation is 1. The molecular formula is C12H19F2NO. The average Bonchev–Trinajstić information content (AvgIpc) is 2.72. The molecule has 16 heavy (non-hydrogen) atoms. The van der Waals surface area contributed by atoms with Gasteiger partial charge < -0.3 is 4.52 Å². The largest absolute Gasteiger partial charge is 0.355 e. The van der Waals surface area contributed by atoms with E-state index < -0.39 is 6.43 Å². The highest BCUT2D eigenvalue weighted by atomic mass is 19.3. The fourth-order valence-corrected chi connectivity index (χ4v) is 1.64. The monoisotopic (exact) mass is 231 g/mol. The molecule has 0 aliphatic rings. The summed E-state index contributed by atoms with van der Waals surface area (Å²) in [7, 11) is 0. The number of hydrogen-bond donors (Lipinski definition) is 0. The summed E-state index contributed by atoms with van der Waals surface area (Å²) in [5.41, 5.74) is 0.644. The quantitative estimate of drug-likeness (QED) is 0.615. The second-order valence-electron chi connectivity index (χ2n) is 4.04. The standard InChI is InChI=1S/C12H19F2NO/c1-2-3-4-5-6-7-8-10-9-11(12(13)14)16-15-10/h9,12H,2-8H2,1H3. The van der Waals surface area contributed by atoms with Crippen molar-refractivity contribution in [3.05, 3.63) is 17.5 Å². The van der Waals surface area contributed by atoms with Crippen molar-refractivity contribution in [3.63, 3.8) is 0 Å². The van der Waals surface area contributed by atoms with E-state index in [1.54, 1.807) is 0 Å². The summed E-state index contributed by atoms with van der Waals surface area (Å²) in [6, 6.07) is 1.36. The van der Waals surface area contributed by atoms with Crippen molar-refractivity contribution in [2.75, 3.05) is 0 Å². The van der Waals surface area contributed by atoms with Crippen LogP contribution in [-0.2, 0) is 6.42 Å². The van der Waals surface area contributed by atoms with Crippen LogP contribution in [0.15, 0.2) is 10.6 Å². The average molecular weight is 231 g/mol. The second kappa shape index (κ2) is 7.36. The molecular weight excluding hydrogens is 212 g/mol. The molecule has 0 spiro atoms. The molecule has 1 heterocycles. The van der Waals surface area contributed by atoms with Gasteiger partial charge >= 0.3 is 0 Å². The number of nitrogens with zero attached hydrogens (tertiary/aromatic N) is 1. The maximum atomic E-state index is 12.2. The predicted molar refractivity (Wildman–Crippen MR) is 58.5 cm³/mol. The Morgan fingerprint density at radius 2 is 1.88 bits per heavy atom. The normalized spacial score (nSPS) is 11.2. The molecule has 4 heteroatoms. The molecule has 0 saturated heterocycles. The van der Waals surface area contributed by atoms with Gasteiger partial charge in [0.2, 0.25) is 5.76 Å². The number of alkyl halides is 2. The van der Waals surface area contributed by atoms with Gasteiger partial charge in [-0.15, -0.1) is 0 Å². The number of unbranched alkanes of at least 4 members (excludes halogenated alkanes) is 5. The molecule has 0 saturated carbocycles. The van der Waals surface area contributed by atoms with Gasteiger partial charge in [0.15, 0.2) is 0 Å². The van der Waals surface area contributed by atoms with Gasteiger partial charge in [-0.2, -0.15) is 0 Å². The summed E-state index contributed by atoms with van der Waals surface area (Å²) in [6.45, 7) is 2.18. The number of halogens is 2. The Labute approximate surface area is 95.0 Å². The lowest BCUT2D eigenvalue weighted by molar-refractivity contribution is 0.112. The Hall–Kier alpha value is -0.930. The van der Waals surface area contributed by atoms with Crippen molar-refractivity contribution < 1.29 is 13.3 Å². The summed E-state index contributed by atoms with van der Waals surface area (Å²) >= 11 is 0. The summed E-state index contributed by atoms with van der Waals surface area (Å²) in [6.07, 6.45) is 5.31. The van der Waals surface area contributed by atoms with Crippen LogP contribution in [0.3, 0.4) is 0 Å². The molecule has 0 aliphatic heterocycles. The van der Waals surface area contributed by atoms with Crippen molar-refractivity contribution >= 4 is 0 Å². The van der Waals surface area contributed by atoms with Crippen LogP contribution in [-0.4, -0.2) is 5.16 Å². The molecule has 1 aromatic rings. The van der Waals surface area contributed by atoms with Crippen molar-refractivity contribution in [1.29, 1.82) is 0 Å². The van der Waals surface area contributed by atoms with Crippen molar-refractivity contribution in [2.45, 2.75) is 58.3 Å². The summed E-state index contributed by atoms with van der Waals surface area (Å²) < 4.78 is 28.9. The lowest BCUT2D eigenvalue weighted by atomic mass is 10.1. The van der Waals surface area contributed by atoms with Crippen LogP contribution in [0.1, 0.15) is 63.3 Å². The fraction of sp³-hybridized carbons (Fsp3) is 0.750. The Morgan fingerprint density at radius 3 is 2.50 bits per heavy atom. The van der Waals surface area contributed by atoms with E-state index in [0.29, 0.717) is 5.69 Å². The lowest BCUT2D eigenvalue weighted by Gasteiger charge is -1.98. The van der Waals surface area contributed by atoms with Gasteiger partial charge in [0.25, 0.3) is 6.43 Å². The zero-order chi connectivity index (χ0) is 11.8. The van der Waals surface area contributed by atoms with Crippen LogP contribution < -0.4 is 0 Å². The number of hydrogen-bond acceptors (Lipinski definition) is 2. The van der Waals surface area contributed by atoms with E-state index in [4.69, 9.17) is 0 Å². The van der Waals surface area contributed by atoms with Crippen LogP contribution in [0, 0.1) is 0 Å². The minimum Gasteiger partial charge on any atom is -0.355 e. The minimum absolute atomic E-state index is 0.319. The van der Waals surface area contributed by atoms with Gasteiger partial charge in [0.1, 0.15) is 0 Å². The Balaban J connectivity index is 2.12. The molecule has 0 radical (unpaired) electrons. The highest BCUT2D eigenvalue weighted by Crippen LogP contribution is 2.20. The summed E-state index contributed by atoms with van der Waals surface area (Å²) in [5, 5.41) is 3.62. The molecule has 0 atom stereocenters. The van der Waals surface area contributed by atoms with Crippen molar-refractivity contribution in [1.82, 2.24) is 5.16 Å². The highest BCUT2D eigenvalue weighted by Gasteiger charge is 2.13. The first-order valence-electron chi connectivity index (χ1n) is 5.97. The van der Waals surface area contributed by atoms with Crippen LogP contribution in [0.4, 0.5) is 8.78 Å². The first-order chi connectivity index (χ1) is 7.74. The topological polar surface area (TPSA) is 26.0 Å². The van der Waals surface area contributed by atoms with Gasteiger partial charge in [-0.05, 0) is 12.8 Å². The van der Waals surface area contributed by atoms with Gasteiger partial charge in [0, 0.05) is 6.07 Å². The van der Waals surface area contributed by atoms with Crippen LogP contribution >= 0.6 is 0 Å². The van der Waals surface area contributed by atoms with E-state index in [1.807, 2.05) is 0 Å². The third-order valence-electron chi connectivity index (χ3n) is 2.58. The molecule has 0 aromatic carbocycles. The number of rotatable bonds is 8. The maximum absolute atomic E-state index is 12.2. The lowest BCUT2D eigenvalue weighted by Crippen LogP contribution is -1.86. The van der Waals surface area contributed by atoms with E-state index in [0.717, 1.165) is 19.3 Å². The van der Waals surface area contributed by atoms with Crippen LogP contribution in [0.2, 0.25) is 0 Å². The zero-order valence-electron chi connectivity index (χ0n) is 9.72. The summed E-state index contributed by atoms with van der Waals surface area (Å²) in [4.78, 5) is 0. The smallest absolute Gasteiger partial charge is 0.298 e. The van der Waals surface area contributed by atoms with Gasteiger partial charge in [-0.1, -0.05) is 44.2 Å². The van der Waals surface area contributed by atoms with E-state index in [9.17, 15) is 8.78 Å². The summed E-state index contributed by atoms with van der Waals surface area (Å²) in [5.74, 6) is -0.319. The third-order valence-corrected chi connectivity index (χ3v) is 2.58. The Kier molecular flexibility index (Phi) is 6.04. The molecule has 92 valence electrons. The third kappa shape index (κ3) is 4.73. The van der Waals surface area contributed by atoms with Crippen molar-refractivity contribution in [2.24, 2.45) is 0 Å². The van der Waals surface area contributed by atoms with Gasteiger partial charge in [-0.3, -0.25) is 0 Å². The first-order valence-corrected chi connectivity index (χ1v) is 5.97. The second-order valence-corrected chi connectivity index (χ2v) is 4.04. The SMILES string of the molecule is CCCCCCCCc1cc(C(F)F)on1. The van der Waals surface area contributed by atoms with E-state index in [-0.39, 0.29) is 5.76 Å². The molecule has 0 aliphatic carbocycles. The van der Waals surface area contributed by atoms with E-state index in [2.05, 4.69) is 16.6 Å². The fourth-order valence-electron chi connectivity index (χ4n) is 1.64. The van der Waals surface area contributed by atoms with E-state index >= 15 is 0 Å². The van der Waals surface area contributed by atoms with Crippen LogP contribution in [0.25, 0.3) is 0 Å². The molecule has 0 unspecified atom stereocenters. The molecule has 0 bridgehead atoms. The minimum atomic E-state index is -2.55. The van der Waals surface area contributed by atoms with Crippen molar-refractivity contribution in [3.8, 4) is 0 Å². The predicted octanol–water partition coefficient (Wildman–Crippen LogP) is 4.52. The van der Waals surface area contributed by atoms with Gasteiger partial charge in [-0.25, -0.2) is 8.78 Å². The van der Waals surface area contributed by atoms with E-state index in [1.165, 1.54) is 31.7 Å². The highest BCUT2D eigenvalue weighted by molar-refractivity contribution is 5.06. The molecule has 0 amide bonds. The molecule has 2 nitrogen and oxygen atoms in total.